The van der Waals surface area contributed by atoms with Crippen molar-refractivity contribution in [2.45, 2.75) is 60.5 Å². The largest absolute Gasteiger partial charge is 0.392 e. The molecule has 1 unspecified atom stereocenters. The molecule has 1 rings (SSSR count). The molecule has 0 aromatic carbocycles. The molecular weight excluding hydrogens is 174 g/mol. The second-order valence-corrected chi connectivity index (χ2v) is 2.56. The maximum absolute atomic E-state index is 9.04. The SMILES string of the molecule is CC.CC.CC.CN1CCCC(O)C1. The molecular formula is C12H31NO. The first-order valence-corrected chi connectivity index (χ1v) is 6.15. The third-order valence-electron chi connectivity index (χ3n) is 1.60. The van der Waals surface area contributed by atoms with Crippen molar-refractivity contribution in [3.8, 4) is 0 Å². The summed E-state index contributed by atoms with van der Waals surface area (Å²) in [5.74, 6) is 0. The van der Waals surface area contributed by atoms with Gasteiger partial charge in [0.15, 0.2) is 0 Å². The van der Waals surface area contributed by atoms with E-state index < -0.39 is 0 Å². The Morgan fingerprint density at radius 1 is 1.00 bits per heavy atom. The first kappa shape index (κ1) is 19.5. The summed E-state index contributed by atoms with van der Waals surface area (Å²) >= 11 is 0. The maximum atomic E-state index is 9.04. The van der Waals surface area contributed by atoms with E-state index in [1.54, 1.807) is 0 Å². The van der Waals surface area contributed by atoms with Crippen molar-refractivity contribution in [3.63, 3.8) is 0 Å². The van der Waals surface area contributed by atoms with Gasteiger partial charge in [0, 0.05) is 6.54 Å². The summed E-state index contributed by atoms with van der Waals surface area (Å²) in [5, 5.41) is 9.04. The zero-order chi connectivity index (χ0) is 12.0. The molecule has 1 saturated heterocycles. The van der Waals surface area contributed by atoms with Crippen molar-refractivity contribution in [3.05, 3.63) is 0 Å². The summed E-state index contributed by atoms with van der Waals surface area (Å²) < 4.78 is 0. The lowest BCUT2D eigenvalue weighted by Gasteiger charge is -2.25. The van der Waals surface area contributed by atoms with Crippen LogP contribution in [0.2, 0.25) is 0 Å². The zero-order valence-corrected chi connectivity index (χ0v) is 11.3. The van der Waals surface area contributed by atoms with E-state index in [1.165, 1.54) is 0 Å². The van der Waals surface area contributed by atoms with Gasteiger partial charge in [-0.1, -0.05) is 41.5 Å². The van der Waals surface area contributed by atoms with Crippen molar-refractivity contribution < 1.29 is 5.11 Å². The molecule has 0 aromatic rings. The van der Waals surface area contributed by atoms with Crippen LogP contribution in [0.15, 0.2) is 0 Å². The van der Waals surface area contributed by atoms with E-state index in [1.807, 2.05) is 48.6 Å². The molecule has 1 N–H and O–H groups in total. The first-order chi connectivity index (χ1) is 6.79. The molecule has 2 heteroatoms. The summed E-state index contributed by atoms with van der Waals surface area (Å²) in [5.41, 5.74) is 0. The second kappa shape index (κ2) is 18.7. The summed E-state index contributed by atoms with van der Waals surface area (Å²) in [7, 11) is 2.04. The van der Waals surface area contributed by atoms with E-state index in [9.17, 15) is 0 Å². The van der Waals surface area contributed by atoms with E-state index in [0.29, 0.717) is 0 Å². The number of rotatable bonds is 0. The Morgan fingerprint density at radius 3 is 1.64 bits per heavy atom. The number of aliphatic hydroxyl groups is 1. The average Bonchev–Trinajstić information content (AvgIpc) is 2.26. The Kier molecular flexibility index (Phi) is 26.0. The minimum Gasteiger partial charge on any atom is -0.392 e. The van der Waals surface area contributed by atoms with E-state index in [-0.39, 0.29) is 6.10 Å². The van der Waals surface area contributed by atoms with Gasteiger partial charge in [-0.3, -0.25) is 0 Å². The number of β-amino-alcohol motifs (C(OH)–C–C–N with tert-alkyl or cyclic N) is 1. The molecule has 0 bridgehead atoms. The minimum atomic E-state index is -0.0613. The molecule has 2 nitrogen and oxygen atoms in total. The fourth-order valence-electron chi connectivity index (χ4n) is 1.14. The van der Waals surface area contributed by atoms with Crippen LogP contribution in [-0.4, -0.2) is 36.2 Å². The average molecular weight is 205 g/mol. The maximum Gasteiger partial charge on any atom is 0.0667 e. The Hall–Kier alpha value is -0.0800. The van der Waals surface area contributed by atoms with Crippen molar-refractivity contribution in [2.75, 3.05) is 20.1 Å². The lowest BCUT2D eigenvalue weighted by atomic mass is 10.1. The fourth-order valence-corrected chi connectivity index (χ4v) is 1.14. The predicted octanol–water partition coefficient (Wildman–Crippen LogP) is 3.15. The molecule has 0 amide bonds. The van der Waals surface area contributed by atoms with Gasteiger partial charge in [-0.25, -0.2) is 0 Å². The fraction of sp³-hybridized carbons (Fsp3) is 1.00. The topological polar surface area (TPSA) is 23.5 Å². The van der Waals surface area contributed by atoms with Crippen LogP contribution in [0.4, 0.5) is 0 Å². The number of nitrogens with zero attached hydrogens (tertiary/aromatic N) is 1. The Balaban J connectivity index is -0.000000174. The molecule has 0 spiro atoms. The van der Waals surface area contributed by atoms with Crippen LogP contribution in [0, 0.1) is 0 Å². The monoisotopic (exact) mass is 205 g/mol. The number of aliphatic hydroxyl groups excluding tert-OH is 1. The molecule has 1 atom stereocenters. The van der Waals surface area contributed by atoms with Crippen molar-refractivity contribution in [1.29, 1.82) is 0 Å². The molecule has 90 valence electrons. The van der Waals surface area contributed by atoms with Gasteiger partial charge in [0.25, 0.3) is 0 Å². The van der Waals surface area contributed by atoms with Crippen LogP contribution >= 0.6 is 0 Å². The molecule has 0 aromatic heterocycles. The Labute approximate surface area is 91.3 Å². The second-order valence-electron chi connectivity index (χ2n) is 2.56. The smallest absolute Gasteiger partial charge is 0.0667 e. The Bertz CT molecular complexity index is 68.7. The van der Waals surface area contributed by atoms with Gasteiger partial charge in [-0.05, 0) is 26.4 Å². The van der Waals surface area contributed by atoms with Gasteiger partial charge in [0.05, 0.1) is 6.10 Å². The number of piperidine rings is 1. The van der Waals surface area contributed by atoms with Crippen LogP contribution in [0.3, 0.4) is 0 Å². The lowest BCUT2D eigenvalue weighted by Crippen LogP contribution is -2.34. The quantitative estimate of drug-likeness (QED) is 0.656. The molecule has 1 heterocycles. The Morgan fingerprint density at radius 2 is 1.43 bits per heavy atom. The van der Waals surface area contributed by atoms with Crippen LogP contribution < -0.4 is 0 Å². The van der Waals surface area contributed by atoms with Crippen molar-refractivity contribution in [2.24, 2.45) is 0 Å². The van der Waals surface area contributed by atoms with E-state index in [4.69, 9.17) is 5.11 Å². The minimum absolute atomic E-state index is 0.0613. The first-order valence-electron chi connectivity index (χ1n) is 6.15. The van der Waals surface area contributed by atoms with Crippen LogP contribution in [-0.2, 0) is 0 Å². The van der Waals surface area contributed by atoms with Crippen LogP contribution in [0.1, 0.15) is 54.4 Å². The normalized spacial score (nSPS) is 20.1. The summed E-state index contributed by atoms with van der Waals surface area (Å²) in [6.07, 6.45) is 2.08. The third-order valence-corrected chi connectivity index (χ3v) is 1.60. The highest BCUT2D eigenvalue weighted by atomic mass is 16.3. The highest BCUT2D eigenvalue weighted by Crippen LogP contribution is 2.06. The van der Waals surface area contributed by atoms with Gasteiger partial charge >= 0.3 is 0 Å². The van der Waals surface area contributed by atoms with Crippen LogP contribution in [0.5, 0.6) is 0 Å². The molecule has 1 aliphatic heterocycles. The summed E-state index contributed by atoms with van der Waals surface area (Å²) in [4.78, 5) is 2.16. The van der Waals surface area contributed by atoms with Gasteiger partial charge in [0.2, 0.25) is 0 Å². The zero-order valence-electron chi connectivity index (χ0n) is 11.3. The number of likely N-dealkylation sites (N-methyl/N-ethyl adjacent to an activating group) is 1. The highest BCUT2D eigenvalue weighted by Gasteiger charge is 2.12. The predicted molar refractivity (Wildman–Crippen MR) is 66.8 cm³/mol. The van der Waals surface area contributed by atoms with E-state index in [0.717, 1.165) is 25.9 Å². The molecule has 0 radical (unpaired) electrons. The van der Waals surface area contributed by atoms with Gasteiger partial charge in [-0.2, -0.15) is 0 Å². The molecule has 1 aliphatic rings. The highest BCUT2D eigenvalue weighted by molar-refractivity contribution is 4.67. The molecule has 14 heavy (non-hydrogen) atoms. The number of hydrogen-bond acceptors (Lipinski definition) is 2. The summed E-state index contributed by atoms with van der Waals surface area (Å²) in [6.45, 7) is 14.0. The van der Waals surface area contributed by atoms with E-state index in [2.05, 4.69) is 4.90 Å². The molecule has 0 saturated carbocycles. The van der Waals surface area contributed by atoms with Crippen molar-refractivity contribution in [1.82, 2.24) is 4.90 Å². The van der Waals surface area contributed by atoms with E-state index >= 15 is 0 Å². The van der Waals surface area contributed by atoms with Gasteiger partial charge in [0.1, 0.15) is 0 Å². The lowest BCUT2D eigenvalue weighted by molar-refractivity contribution is 0.0846. The van der Waals surface area contributed by atoms with Crippen molar-refractivity contribution >= 4 is 0 Å². The third kappa shape index (κ3) is 14.4. The standard InChI is InChI=1S/C6H13NO.3C2H6/c1-7-4-2-3-6(8)5-7;3*1-2/h6,8H,2-5H2,1H3;3*1-2H3. The molecule has 0 aliphatic carbocycles. The molecule has 1 fully saturated rings. The van der Waals surface area contributed by atoms with Crippen LogP contribution in [0.25, 0.3) is 0 Å². The summed E-state index contributed by atoms with van der Waals surface area (Å²) in [6, 6.07) is 0. The number of hydrogen-bond donors (Lipinski definition) is 1. The number of likely N-dealkylation sites (tertiary alicyclic amines) is 1. The van der Waals surface area contributed by atoms with Gasteiger partial charge < -0.3 is 10.0 Å². The van der Waals surface area contributed by atoms with Gasteiger partial charge in [-0.15, -0.1) is 0 Å².